The molecule has 1 aliphatic rings. The van der Waals surface area contributed by atoms with Gasteiger partial charge in [-0.25, -0.2) is 4.98 Å². The molecule has 3 aromatic rings. The molecular formula is C20H18Cl2N4O3. The second-order valence-electron chi connectivity index (χ2n) is 6.59. The quantitative estimate of drug-likeness (QED) is 0.656. The van der Waals surface area contributed by atoms with Crippen molar-refractivity contribution in [3.05, 3.63) is 57.8 Å². The minimum absolute atomic E-state index is 0.0779. The fourth-order valence-electron chi connectivity index (χ4n) is 3.26. The highest BCUT2D eigenvalue weighted by molar-refractivity contribution is 6.34. The number of hydrogen-bond acceptors (Lipinski definition) is 6. The van der Waals surface area contributed by atoms with Gasteiger partial charge in [0.15, 0.2) is 11.4 Å². The SMILES string of the molecule is O=C(NCc1cc(Cl)cc(Cl)c1)c1nc(N2CCOCC2)c2cccnc2c1O. The molecule has 0 saturated carbocycles. The largest absolute Gasteiger partial charge is 0.504 e. The van der Waals surface area contributed by atoms with E-state index in [1.165, 1.54) is 0 Å². The summed E-state index contributed by atoms with van der Waals surface area (Å²) in [6.07, 6.45) is 1.57. The molecule has 1 amide bonds. The number of amides is 1. The first kappa shape index (κ1) is 19.7. The summed E-state index contributed by atoms with van der Waals surface area (Å²) >= 11 is 12.0. The van der Waals surface area contributed by atoms with Crippen LogP contribution in [-0.2, 0) is 11.3 Å². The number of morpholine rings is 1. The molecule has 1 saturated heterocycles. The molecule has 150 valence electrons. The first-order chi connectivity index (χ1) is 14.0. The first-order valence-electron chi connectivity index (χ1n) is 9.06. The molecule has 29 heavy (non-hydrogen) atoms. The molecule has 0 unspecified atom stereocenters. The first-order valence-corrected chi connectivity index (χ1v) is 9.82. The Kier molecular flexibility index (Phi) is 5.71. The summed E-state index contributed by atoms with van der Waals surface area (Å²) in [6.45, 7) is 2.61. The lowest BCUT2D eigenvalue weighted by molar-refractivity contribution is 0.0943. The number of nitrogens with one attached hydrogen (secondary N) is 1. The van der Waals surface area contributed by atoms with Crippen LogP contribution in [0.2, 0.25) is 10.0 Å². The normalized spacial score (nSPS) is 14.2. The number of halogens is 2. The number of aromatic hydroxyl groups is 1. The van der Waals surface area contributed by atoms with E-state index in [4.69, 9.17) is 27.9 Å². The molecule has 0 spiro atoms. The van der Waals surface area contributed by atoms with E-state index >= 15 is 0 Å². The molecule has 1 fully saturated rings. The summed E-state index contributed by atoms with van der Waals surface area (Å²) in [4.78, 5) is 23.6. The number of pyridine rings is 2. The zero-order valence-corrected chi connectivity index (χ0v) is 16.9. The highest BCUT2D eigenvalue weighted by Gasteiger charge is 2.23. The lowest BCUT2D eigenvalue weighted by Crippen LogP contribution is -2.37. The summed E-state index contributed by atoms with van der Waals surface area (Å²) in [5, 5.41) is 15.1. The molecule has 4 rings (SSSR count). The van der Waals surface area contributed by atoms with E-state index in [0.29, 0.717) is 53.1 Å². The van der Waals surface area contributed by atoms with Gasteiger partial charge in [-0.3, -0.25) is 9.78 Å². The minimum atomic E-state index is -0.513. The smallest absolute Gasteiger partial charge is 0.274 e. The summed E-state index contributed by atoms with van der Waals surface area (Å²) in [6, 6.07) is 8.64. The topological polar surface area (TPSA) is 87.6 Å². The van der Waals surface area contributed by atoms with Crippen molar-refractivity contribution >= 4 is 45.8 Å². The Hall–Kier alpha value is -2.61. The van der Waals surface area contributed by atoms with Crippen molar-refractivity contribution in [2.75, 3.05) is 31.2 Å². The van der Waals surface area contributed by atoms with Crippen LogP contribution in [0.5, 0.6) is 5.75 Å². The minimum Gasteiger partial charge on any atom is -0.504 e. The van der Waals surface area contributed by atoms with E-state index in [1.54, 1.807) is 30.5 Å². The predicted molar refractivity (Wildman–Crippen MR) is 112 cm³/mol. The lowest BCUT2D eigenvalue weighted by Gasteiger charge is -2.29. The monoisotopic (exact) mass is 432 g/mol. The third kappa shape index (κ3) is 4.22. The standard InChI is InChI=1S/C20H18Cl2N4O3/c21-13-8-12(9-14(22)10-13)11-24-20(28)17-18(27)16-15(2-1-3-23-16)19(25-17)26-4-6-29-7-5-26/h1-3,8-10,27H,4-7,11H2,(H,24,28). The van der Waals surface area contributed by atoms with Gasteiger partial charge in [0, 0.05) is 41.3 Å². The zero-order valence-electron chi connectivity index (χ0n) is 15.4. The summed E-state index contributed by atoms with van der Waals surface area (Å²) in [5.41, 5.74) is 0.994. The second kappa shape index (κ2) is 8.41. The Balaban J connectivity index is 1.67. The molecule has 0 atom stereocenters. The van der Waals surface area contributed by atoms with E-state index in [9.17, 15) is 9.90 Å². The van der Waals surface area contributed by atoms with Crippen LogP contribution >= 0.6 is 23.2 Å². The van der Waals surface area contributed by atoms with Gasteiger partial charge in [0.05, 0.1) is 13.2 Å². The molecule has 0 bridgehead atoms. The fraction of sp³-hybridized carbons (Fsp3) is 0.250. The molecule has 1 aliphatic heterocycles. The molecule has 9 heteroatoms. The van der Waals surface area contributed by atoms with Crippen molar-refractivity contribution in [3.8, 4) is 5.75 Å². The Labute approximate surface area is 177 Å². The molecule has 0 radical (unpaired) electrons. The average molecular weight is 433 g/mol. The molecular weight excluding hydrogens is 415 g/mol. The molecule has 0 aliphatic carbocycles. The molecule has 2 aromatic heterocycles. The Morgan fingerprint density at radius 1 is 1.21 bits per heavy atom. The number of anilines is 1. The van der Waals surface area contributed by atoms with E-state index in [2.05, 4.69) is 15.3 Å². The number of benzene rings is 1. The Bertz CT molecular complexity index is 1050. The van der Waals surface area contributed by atoms with Crippen LogP contribution in [0, 0.1) is 0 Å². The van der Waals surface area contributed by atoms with Gasteiger partial charge < -0.3 is 20.1 Å². The summed E-state index contributed by atoms with van der Waals surface area (Å²) < 4.78 is 5.41. The third-order valence-corrected chi connectivity index (χ3v) is 5.05. The second-order valence-corrected chi connectivity index (χ2v) is 7.46. The van der Waals surface area contributed by atoms with E-state index < -0.39 is 5.91 Å². The van der Waals surface area contributed by atoms with Gasteiger partial charge in [-0.1, -0.05) is 23.2 Å². The summed E-state index contributed by atoms with van der Waals surface area (Å²) in [7, 11) is 0. The van der Waals surface area contributed by atoms with Crippen LogP contribution in [-0.4, -0.2) is 47.3 Å². The van der Waals surface area contributed by atoms with Gasteiger partial charge in [0.1, 0.15) is 11.3 Å². The van der Waals surface area contributed by atoms with Gasteiger partial charge in [0.25, 0.3) is 5.91 Å². The van der Waals surface area contributed by atoms with Crippen LogP contribution < -0.4 is 10.2 Å². The molecule has 2 N–H and O–H groups in total. The molecule has 7 nitrogen and oxygen atoms in total. The Morgan fingerprint density at radius 2 is 1.93 bits per heavy atom. The van der Waals surface area contributed by atoms with Crippen molar-refractivity contribution in [1.82, 2.24) is 15.3 Å². The predicted octanol–water partition coefficient (Wildman–Crippen LogP) is 3.41. The maximum atomic E-state index is 12.8. The molecule has 3 heterocycles. The molecule has 1 aromatic carbocycles. The van der Waals surface area contributed by atoms with Crippen molar-refractivity contribution in [2.45, 2.75) is 6.54 Å². The maximum Gasteiger partial charge on any atom is 0.274 e. The number of hydrogen-bond donors (Lipinski definition) is 2. The number of carbonyl (C=O) groups excluding carboxylic acids is 1. The van der Waals surface area contributed by atoms with Gasteiger partial charge in [-0.15, -0.1) is 0 Å². The van der Waals surface area contributed by atoms with E-state index in [1.807, 2.05) is 11.0 Å². The van der Waals surface area contributed by atoms with Crippen molar-refractivity contribution in [1.29, 1.82) is 0 Å². The van der Waals surface area contributed by atoms with Crippen molar-refractivity contribution < 1.29 is 14.6 Å². The fourth-order valence-corrected chi connectivity index (χ4v) is 3.83. The lowest BCUT2D eigenvalue weighted by atomic mass is 10.1. The third-order valence-electron chi connectivity index (χ3n) is 4.62. The number of aromatic nitrogens is 2. The average Bonchev–Trinajstić information content (AvgIpc) is 2.72. The maximum absolute atomic E-state index is 12.8. The van der Waals surface area contributed by atoms with Crippen LogP contribution in [0.1, 0.15) is 16.1 Å². The zero-order chi connectivity index (χ0) is 20.4. The summed E-state index contributed by atoms with van der Waals surface area (Å²) in [5.74, 6) is -0.162. The van der Waals surface area contributed by atoms with Gasteiger partial charge in [0.2, 0.25) is 0 Å². The Morgan fingerprint density at radius 3 is 2.66 bits per heavy atom. The van der Waals surface area contributed by atoms with Crippen LogP contribution in [0.3, 0.4) is 0 Å². The van der Waals surface area contributed by atoms with Crippen LogP contribution in [0.15, 0.2) is 36.5 Å². The number of ether oxygens (including phenoxy) is 1. The van der Waals surface area contributed by atoms with Gasteiger partial charge in [-0.05, 0) is 35.9 Å². The van der Waals surface area contributed by atoms with Crippen LogP contribution in [0.4, 0.5) is 5.82 Å². The van der Waals surface area contributed by atoms with E-state index in [0.717, 1.165) is 5.56 Å². The van der Waals surface area contributed by atoms with Gasteiger partial charge >= 0.3 is 0 Å². The number of fused-ring (bicyclic) bond motifs is 1. The van der Waals surface area contributed by atoms with Gasteiger partial charge in [-0.2, -0.15) is 0 Å². The highest BCUT2D eigenvalue weighted by atomic mass is 35.5. The highest BCUT2D eigenvalue weighted by Crippen LogP contribution is 2.32. The number of rotatable bonds is 4. The number of carbonyl (C=O) groups is 1. The van der Waals surface area contributed by atoms with Crippen molar-refractivity contribution in [3.63, 3.8) is 0 Å². The number of nitrogens with zero attached hydrogens (tertiary/aromatic N) is 3. The van der Waals surface area contributed by atoms with E-state index in [-0.39, 0.29) is 18.0 Å². The van der Waals surface area contributed by atoms with Crippen LogP contribution in [0.25, 0.3) is 10.9 Å². The van der Waals surface area contributed by atoms with Crippen molar-refractivity contribution in [2.24, 2.45) is 0 Å².